The lowest BCUT2D eigenvalue weighted by atomic mass is 9.96. The number of rotatable bonds is 8. The highest BCUT2D eigenvalue weighted by Gasteiger charge is 2.28. The molecule has 35 heavy (non-hydrogen) atoms. The Morgan fingerprint density at radius 1 is 1.14 bits per heavy atom. The molecule has 0 aliphatic carbocycles. The third kappa shape index (κ3) is 5.13. The van der Waals surface area contributed by atoms with Crippen LogP contribution in [0.3, 0.4) is 0 Å². The van der Waals surface area contributed by atoms with Gasteiger partial charge in [0.25, 0.3) is 5.56 Å². The van der Waals surface area contributed by atoms with Crippen molar-refractivity contribution in [2.24, 2.45) is 5.92 Å². The SMILES string of the molecule is CC(C)[C@H]1Cc2c(sc3nc(SCC(=O)c4ccccc4)n(CCc4ccccc4)c(=O)c23)CO1. The van der Waals surface area contributed by atoms with E-state index in [4.69, 9.17) is 9.72 Å². The second kappa shape index (κ2) is 10.5. The highest BCUT2D eigenvalue weighted by molar-refractivity contribution is 7.99. The van der Waals surface area contributed by atoms with Crippen molar-refractivity contribution < 1.29 is 9.53 Å². The Morgan fingerprint density at radius 3 is 2.57 bits per heavy atom. The molecule has 1 atom stereocenters. The number of carbonyl (C=O) groups is 1. The highest BCUT2D eigenvalue weighted by Crippen LogP contribution is 2.36. The minimum Gasteiger partial charge on any atom is -0.372 e. The van der Waals surface area contributed by atoms with Crippen molar-refractivity contribution in [1.82, 2.24) is 9.55 Å². The third-order valence-corrected chi connectivity index (χ3v) is 8.51. The van der Waals surface area contributed by atoms with Crippen LogP contribution in [-0.4, -0.2) is 27.2 Å². The molecule has 1 aliphatic rings. The Balaban J connectivity index is 1.51. The van der Waals surface area contributed by atoms with Gasteiger partial charge in [0, 0.05) is 23.4 Å². The summed E-state index contributed by atoms with van der Waals surface area (Å²) in [5.74, 6) is 0.639. The van der Waals surface area contributed by atoms with Crippen LogP contribution in [0.25, 0.3) is 10.2 Å². The third-order valence-electron chi connectivity index (χ3n) is 6.43. The number of ether oxygens (including phenoxy) is 1. The van der Waals surface area contributed by atoms with Crippen LogP contribution < -0.4 is 5.56 Å². The second-order valence-corrected chi connectivity index (χ2v) is 11.2. The minimum atomic E-state index is -0.0116. The summed E-state index contributed by atoms with van der Waals surface area (Å²) in [5, 5.41) is 1.33. The zero-order valence-electron chi connectivity index (χ0n) is 19.9. The number of hydrogen-bond donors (Lipinski definition) is 0. The summed E-state index contributed by atoms with van der Waals surface area (Å²) in [6, 6.07) is 19.4. The van der Waals surface area contributed by atoms with Crippen molar-refractivity contribution >= 4 is 39.1 Å². The fourth-order valence-electron chi connectivity index (χ4n) is 4.40. The molecule has 4 aromatic rings. The number of Topliss-reactive ketones (excluding diaryl/α,β-unsaturated/α-hetero) is 1. The number of nitrogens with zero attached hydrogens (tertiary/aromatic N) is 2. The van der Waals surface area contributed by atoms with Gasteiger partial charge in [-0.25, -0.2) is 4.98 Å². The number of aromatic nitrogens is 2. The van der Waals surface area contributed by atoms with Gasteiger partial charge in [0.1, 0.15) is 4.83 Å². The van der Waals surface area contributed by atoms with Gasteiger partial charge in [-0.05, 0) is 23.5 Å². The van der Waals surface area contributed by atoms with E-state index < -0.39 is 0 Å². The van der Waals surface area contributed by atoms with Gasteiger partial charge in [0.2, 0.25) is 0 Å². The van der Waals surface area contributed by atoms with E-state index in [0.29, 0.717) is 29.8 Å². The zero-order valence-corrected chi connectivity index (χ0v) is 21.5. The number of fused-ring (bicyclic) bond motifs is 3. The quantitative estimate of drug-likeness (QED) is 0.173. The van der Waals surface area contributed by atoms with Gasteiger partial charge in [-0.2, -0.15) is 0 Å². The monoisotopic (exact) mass is 504 g/mol. The first-order chi connectivity index (χ1) is 17.0. The maximum atomic E-state index is 13.9. The van der Waals surface area contributed by atoms with E-state index in [1.165, 1.54) is 11.8 Å². The molecule has 0 unspecified atom stereocenters. The Bertz CT molecular complexity index is 1390. The van der Waals surface area contributed by atoms with Crippen molar-refractivity contribution in [3.05, 3.63) is 92.6 Å². The van der Waals surface area contributed by atoms with Crippen molar-refractivity contribution in [2.45, 2.75) is 51.1 Å². The standard InChI is InChI=1S/C28H28N2O3S2/c1-18(2)23-15-21-24(16-33-23)35-26-25(21)27(32)30(14-13-19-9-5-3-6-10-19)28(29-26)34-17-22(31)20-11-7-4-8-12-20/h3-12,18,23H,13-17H2,1-2H3/t23-/m1/s1. The molecule has 0 radical (unpaired) electrons. The lowest BCUT2D eigenvalue weighted by Crippen LogP contribution is -2.29. The molecule has 0 N–H and O–H groups in total. The van der Waals surface area contributed by atoms with E-state index >= 15 is 0 Å². The van der Waals surface area contributed by atoms with Crippen molar-refractivity contribution in [1.29, 1.82) is 0 Å². The number of carbonyl (C=O) groups excluding carboxylic acids is 1. The minimum absolute atomic E-state index is 0.0116. The van der Waals surface area contributed by atoms with Crippen molar-refractivity contribution in [2.75, 3.05) is 5.75 Å². The summed E-state index contributed by atoms with van der Waals surface area (Å²) in [5.41, 5.74) is 2.92. The molecular formula is C28H28N2O3S2. The molecule has 0 saturated carbocycles. The van der Waals surface area contributed by atoms with Gasteiger partial charge < -0.3 is 4.74 Å². The normalized spacial score (nSPS) is 15.5. The summed E-state index contributed by atoms with van der Waals surface area (Å²) in [6.45, 7) is 5.35. The van der Waals surface area contributed by atoms with E-state index in [9.17, 15) is 9.59 Å². The summed E-state index contributed by atoms with van der Waals surface area (Å²) in [6.07, 6.45) is 1.56. The van der Waals surface area contributed by atoms with Gasteiger partial charge in [-0.3, -0.25) is 14.2 Å². The number of hydrogen-bond acceptors (Lipinski definition) is 6. The Hall–Kier alpha value is -2.74. The predicted octanol–water partition coefficient (Wildman–Crippen LogP) is 5.77. The second-order valence-electron chi connectivity index (χ2n) is 9.15. The molecule has 5 rings (SSSR count). The molecule has 5 nitrogen and oxygen atoms in total. The molecule has 0 bridgehead atoms. The maximum Gasteiger partial charge on any atom is 0.263 e. The predicted molar refractivity (Wildman–Crippen MR) is 143 cm³/mol. The molecule has 0 fully saturated rings. The maximum absolute atomic E-state index is 13.9. The topological polar surface area (TPSA) is 61.2 Å². The van der Waals surface area contributed by atoms with Crippen LogP contribution in [0, 0.1) is 5.92 Å². The molecular weight excluding hydrogens is 476 g/mol. The Morgan fingerprint density at radius 2 is 1.86 bits per heavy atom. The fourth-order valence-corrected chi connectivity index (χ4v) is 6.48. The van der Waals surface area contributed by atoms with Crippen LogP contribution in [0.4, 0.5) is 0 Å². The number of benzene rings is 2. The van der Waals surface area contributed by atoms with Crippen molar-refractivity contribution in [3.63, 3.8) is 0 Å². The summed E-state index contributed by atoms with van der Waals surface area (Å²) >= 11 is 2.89. The molecule has 0 amide bonds. The smallest absolute Gasteiger partial charge is 0.263 e. The van der Waals surface area contributed by atoms with Crippen LogP contribution in [0.5, 0.6) is 0 Å². The fraction of sp³-hybridized carbons (Fsp3) is 0.321. The Labute approximate surface area is 213 Å². The van der Waals surface area contributed by atoms with Crippen LogP contribution in [0.15, 0.2) is 70.6 Å². The van der Waals surface area contributed by atoms with E-state index in [1.54, 1.807) is 15.9 Å². The first-order valence-corrected chi connectivity index (χ1v) is 13.7. The average molecular weight is 505 g/mol. The molecule has 2 aromatic heterocycles. The number of thiophene rings is 1. The van der Waals surface area contributed by atoms with Gasteiger partial charge in [-0.1, -0.05) is 86.3 Å². The van der Waals surface area contributed by atoms with E-state index in [0.717, 1.165) is 39.1 Å². The molecule has 0 saturated heterocycles. The van der Waals surface area contributed by atoms with E-state index in [2.05, 4.69) is 26.0 Å². The lowest BCUT2D eigenvalue weighted by Gasteiger charge is -2.26. The first kappa shape index (κ1) is 24.0. The molecule has 2 aromatic carbocycles. The summed E-state index contributed by atoms with van der Waals surface area (Å²) in [4.78, 5) is 33.4. The highest BCUT2D eigenvalue weighted by atomic mass is 32.2. The zero-order chi connectivity index (χ0) is 24.4. The molecule has 180 valence electrons. The van der Waals surface area contributed by atoms with Crippen LogP contribution >= 0.6 is 23.1 Å². The number of aryl methyl sites for hydroxylation is 1. The summed E-state index contributed by atoms with van der Waals surface area (Å²) < 4.78 is 7.82. The van der Waals surface area contributed by atoms with Crippen LogP contribution in [-0.2, 0) is 30.7 Å². The number of ketones is 1. The molecule has 3 heterocycles. The first-order valence-electron chi connectivity index (χ1n) is 11.9. The van der Waals surface area contributed by atoms with Gasteiger partial charge in [0.05, 0.1) is 23.8 Å². The lowest BCUT2D eigenvalue weighted by molar-refractivity contribution is 0.00200. The molecule has 7 heteroatoms. The number of thioether (sulfide) groups is 1. The summed E-state index contributed by atoms with van der Waals surface area (Å²) in [7, 11) is 0. The van der Waals surface area contributed by atoms with E-state index in [-0.39, 0.29) is 23.2 Å². The molecule has 1 aliphatic heterocycles. The van der Waals surface area contributed by atoms with Gasteiger partial charge >= 0.3 is 0 Å². The largest absolute Gasteiger partial charge is 0.372 e. The van der Waals surface area contributed by atoms with Crippen LogP contribution in [0.1, 0.15) is 40.2 Å². The van der Waals surface area contributed by atoms with Crippen LogP contribution in [0.2, 0.25) is 0 Å². The Kier molecular flexibility index (Phi) is 7.18. The van der Waals surface area contributed by atoms with Gasteiger partial charge in [-0.15, -0.1) is 11.3 Å². The van der Waals surface area contributed by atoms with E-state index in [1.807, 2.05) is 48.5 Å². The van der Waals surface area contributed by atoms with Crippen molar-refractivity contribution in [3.8, 4) is 0 Å². The molecule has 0 spiro atoms. The van der Waals surface area contributed by atoms with Gasteiger partial charge in [0.15, 0.2) is 10.9 Å². The average Bonchev–Trinajstić information content (AvgIpc) is 3.25.